The molecule has 2 aliphatic carbocycles. The number of hydrogen-bond acceptors (Lipinski definition) is 2. The van der Waals surface area contributed by atoms with Crippen molar-refractivity contribution in [2.24, 2.45) is 5.41 Å². The van der Waals surface area contributed by atoms with Crippen LogP contribution in [-0.4, -0.2) is 23.0 Å². The van der Waals surface area contributed by atoms with Crippen molar-refractivity contribution in [1.29, 1.82) is 0 Å². The van der Waals surface area contributed by atoms with Gasteiger partial charge in [-0.2, -0.15) is 0 Å². The average molecular weight is 295 g/mol. The Morgan fingerprint density at radius 1 is 0.905 bits per heavy atom. The van der Waals surface area contributed by atoms with E-state index in [9.17, 15) is 14.7 Å². The molecule has 2 fully saturated rings. The van der Waals surface area contributed by atoms with E-state index in [1.165, 1.54) is 32.1 Å². The highest BCUT2D eigenvalue weighted by Gasteiger charge is 2.36. The molecule has 0 unspecified atom stereocenters. The highest BCUT2D eigenvalue weighted by molar-refractivity contribution is 5.78. The van der Waals surface area contributed by atoms with Crippen LogP contribution >= 0.6 is 0 Å². The summed E-state index contributed by atoms with van der Waals surface area (Å²) in [6.45, 7) is 0. The van der Waals surface area contributed by atoms with Gasteiger partial charge in [-0.1, -0.05) is 44.9 Å². The van der Waals surface area contributed by atoms with E-state index < -0.39 is 5.97 Å². The first-order chi connectivity index (χ1) is 10.1. The van der Waals surface area contributed by atoms with Gasteiger partial charge in [-0.25, -0.2) is 0 Å². The molecule has 0 atom stereocenters. The lowest BCUT2D eigenvalue weighted by Crippen LogP contribution is -2.39. The van der Waals surface area contributed by atoms with Gasteiger partial charge in [-0.05, 0) is 31.1 Å². The summed E-state index contributed by atoms with van der Waals surface area (Å²) in [6, 6.07) is 0.311. The van der Waals surface area contributed by atoms with Crippen molar-refractivity contribution in [3.05, 3.63) is 0 Å². The second kappa shape index (κ2) is 7.81. The lowest BCUT2D eigenvalue weighted by atomic mass is 9.69. The summed E-state index contributed by atoms with van der Waals surface area (Å²) in [7, 11) is 0. The third-order valence-electron chi connectivity index (χ3n) is 5.20. The molecule has 120 valence electrons. The predicted molar refractivity (Wildman–Crippen MR) is 82.0 cm³/mol. The van der Waals surface area contributed by atoms with Crippen LogP contribution < -0.4 is 5.32 Å². The minimum Gasteiger partial charge on any atom is -0.481 e. The number of hydrogen-bond donors (Lipinski definition) is 2. The fraction of sp³-hybridized carbons (Fsp3) is 0.882. The molecule has 0 bridgehead atoms. The van der Waals surface area contributed by atoms with E-state index in [-0.39, 0.29) is 17.7 Å². The molecule has 4 heteroatoms. The molecule has 0 spiro atoms. The van der Waals surface area contributed by atoms with Crippen LogP contribution in [0.1, 0.15) is 83.5 Å². The van der Waals surface area contributed by atoms with Gasteiger partial charge in [-0.15, -0.1) is 0 Å². The molecular weight excluding hydrogens is 266 g/mol. The van der Waals surface area contributed by atoms with Crippen molar-refractivity contribution in [2.75, 3.05) is 0 Å². The first-order valence-corrected chi connectivity index (χ1v) is 8.61. The van der Waals surface area contributed by atoms with Gasteiger partial charge in [-0.3, -0.25) is 9.59 Å². The van der Waals surface area contributed by atoms with Crippen molar-refractivity contribution in [3.63, 3.8) is 0 Å². The maximum Gasteiger partial charge on any atom is 0.303 e. The molecule has 0 aliphatic heterocycles. The third kappa shape index (κ3) is 5.33. The first-order valence-electron chi connectivity index (χ1n) is 8.61. The average Bonchev–Trinajstić information content (AvgIpc) is 2.67. The molecule has 0 radical (unpaired) electrons. The summed E-state index contributed by atoms with van der Waals surface area (Å²) in [6.07, 6.45) is 12.7. The molecule has 2 saturated carbocycles. The van der Waals surface area contributed by atoms with E-state index in [0.29, 0.717) is 12.5 Å². The molecule has 0 aromatic rings. The van der Waals surface area contributed by atoms with Crippen molar-refractivity contribution in [3.8, 4) is 0 Å². The molecule has 2 N–H and O–H groups in total. The molecule has 0 aromatic heterocycles. The van der Waals surface area contributed by atoms with Crippen molar-refractivity contribution >= 4 is 11.9 Å². The van der Waals surface area contributed by atoms with Gasteiger partial charge < -0.3 is 10.4 Å². The fourth-order valence-electron chi connectivity index (χ4n) is 4.08. The quantitative estimate of drug-likeness (QED) is 0.761. The Morgan fingerprint density at radius 3 is 2.05 bits per heavy atom. The summed E-state index contributed by atoms with van der Waals surface area (Å²) in [5, 5.41) is 12.3. The molecule has 0 heterocycles. The van der Waals surface area contributed by atoms with Crippen LogP contribution in [0.3, 0.4) is 0 Å². The number of rotatable bonds is 5. The van der Waals surface area contributed by atoms with Crippen molar-refractivity contribution < 1.29 is 14.7 Å². The Bertz CT molecular complexity index is 353. The smallest absolute Gasteiger partial charge is 0.303 e. The van der Waals surface area contributed by atoms with Gasteiger partial charge in [0.1, 0.15) is 0 Å². The Hall–Kier alpha value is -1.06. The molecule has 4 nitrogen and oxygen atoms in total. The lowest BCUT2D eigenvalue weighted by molar-refractivity contribution is -0.141. The van der Waals surface area contributed by atoms with Gasteiger partial charge in [0.2, 0.25) is 5.91 Å². The van der Waals surface area contributed by atoms with Crippen molar-refractivity contribution in [1.82, 2.24) is 5.32 Å². The number of carbonyl (C=O) groups excluding carboxylic acids is 1. The van der Waals surface area contributed by atoms with Gasteiger partial charge in [0.15, 0.2) is 0 Å². The molecule has 2 aliphatic rings. The molecular formula is C17H29NO3. The maximum absolute atomic E-state index is 12.4. The van der Waals surface area contributed by atoms with Gasteiger partial charge in [0.05, 0.1) is 6.42 Å². The topological polar surface area (TPSA) is 66.4 Å². The number of carboxylic acids is 1. The highest BCUT2D eigenvalue weighted by atomic mass is 16.4. The standard InChI is InChI=1S/C17H29NO3/c19-15(18-14-8-4-1-2-5-9-14)12-17(13-16(20)21)10-6-3-7-11-17/h14H,1-13H2,(H,18,19)(H,20,21). The van der Waals surface area contributed by atoms with E-state index in [1.54, 1.807) is 0 Å². The van der Waals surface area contributed by atoms with Crippen LogP contribution in [-0.2, 0) is 9.59 Å². The van der Waals surface area contributed by atoms with Gasteiger partial charge >= 0.3 is 5.97 Å². The summed E-state index contributed by atoms with van der Waals surface area (Å²) >= 11 is 0. The van der Waals surface area contributed by atoms with Crippen LogP contribution in [0.2, 0.25) is 0 Å². The van der Waals surface area contributed by atoms with E-state index in [2.05, 4.69) is 5.32 Å². The SMILES string of the molecule is O=C(O)CC1(CC(=O)NC2CCCCCC2)CCCCC1. The normalized spacial score (nSPS) is 23.2. The maximum atomic E-state index is 12.4. The van der Waals surface area contributed by atoms with E-state index in [4.69, 9.17) is 0 Å². The van der Waals surface area contributed by atoms with E-state index in [1.807, 2.05) is 0 Å². The van der Waals surface area contributed by atoms with Crippen LogP contribution in [0.25, 0.3) is 0 Å². The van der Waals surface area contributed by atoms with E-state index in [0.717, 1.165) is 38.5 Å². The monoisotopic (exact) mass is 295 g/mol. The second-order valence-corrected chi connectivity index (χ2v) is 7.06. The predicted octanol–water partition coefficient (Wildman–Crippen LogP) is 3.64. The van der Waals surface area contributed by atoms with Crippen LogP contribution in [0.15, 0.2) is 0 Å². The molecule has 2 rings (SSSR count). The zero-order chi connectivity index (χ0) is 15.1. The molecule has 1 amide bonds. The lowest BCUT2D eigenvalue weighted by Gasteiger charge is -2.36. The first kappa shape index (κ1) is 16.3. The van der Waals surface area contributed by atoms with E-state index >= 15 is 0 Å². The third-order valence-corrected chi connectivity index (χ3v) is 5.20. The Balaban J connectivity index is 1.89. The Morgan fingerprint density at radius 2 is 1.48 bits per heavy atom. The minimum atomic E-state index is -0.765. The zero-order valence-corrected chi connectivity index (χ0v) is 13.0. The van der Waals surface area contributed by atoms with Gasteiger partial charge in [0.25, 0.3) is 0 Å². The summed E-state index contributed by atoms with van der Waals surface area (Å²) in [5.41, 5.74) is -0.293. The molecule has 0 aromatic carbocycles. The number of carbonyl (C=O) groups is 2. The molecule has 21 heavy (non-hydrogen) atoms. The van der Waals surface area contributed by atoms with Crippen molar-refractivity contribution in [2.45, 2.75) is 89.5 Å². The molecule has 0 saturated heterocycles. The minimum absolute atomic E-state index is 0.0741. The van der Waals surface area contributed by atoms with Gasteiger partial charge in [0, 0.05) is 12.5 Å². The number of amides is 1. The van der Waals surface area contributed by atoms with Crippen LogP contribution in [0.4, 0.5) is 0 Å². The Labute approximate surface area is 127 Å². The zero-order valence-electron chi connectivity index (χ0n) is 13.0. The number of aliphatic carboxylic acids is 1. The van der Waals surface area contributed by atoms with Crippen LogP contribution in [0.5, 0.6) is 0 Å². The number of nitrogens with one attached hydrogen (secondary N) is 1. The Kier molecular flexibility index (Phi) is 6.07. The largest absolute Gasteiger partial charge is 0.481 e. The summed E-state index contributed by atoms with van der Waals surface area (Å²) in [4.78, 5) is 23.5. The highest BCUT2D eigenvalue weighted by Crippen LogP contribution is 2.42. The van der Waals surface area contributed by atoms with Crippen LogP contribution in [0, 0.1) is 5.41 Å². The summed E-state index contributed by atoms with van der Waals surface area (Å²) in [5.74, 6) is -0.691. The second-order valence-electron chi connectivity index (χ2n) is 7.06. The fourth-order valence-corrected chi connectivity index (χ4v) is 4.08. The number of carboxylic acid groups (broad SMARTS) is 1. The summed E-state index contributed by atoms with van der Waals surface area (Å²) < 4.78 is 0.